The first-order chi connectivity index (χ1) is 7.99. The van der Waals surface area contributed by atoms with Crippen molar-refractivity contribution in [2.24, 2.45) is 0 Å². The average Bonchev–Trinajstić information content (AvgIpc) is 2.28. The number of nitrogens with one attached hydrogen (secondary N) is 1. The largest absolute Gasteiger partial charge is 0.313 e. The highest BCUT2D eigenvalue weighted by Crippen LogP contribution is 2.18. The van der Waals surface area contributed by atoms with Crippen LogP contribution in [0, 0.1) is 0 Å². The van der Waals surface area contributed by atoms with Crippen LogP contribution in [0.3, 0.4) is 0 Å². The van der Waals surface area contributed by atoms with E-state index in [4.69, 9.17) is 0 Å². The molecule has 1 rings (SSSR count). The summed E-state index contributed by atoms with van der Waals surface area (Å²) in [6.07, 6.45) is 2.46. The van der Waals surface area contributed by atoms with E-state index in [1.807, 2.05) is 0 Å². The van der Waals surface area contributed by atoms with Crippen molar-refractivity contribution in [1.29, 1.82) is 0 Å². The second kappa shape index (κ2) is 6.72. The molecule has 0 aromatic carbocycles. The first kappa shape index (κ1) is 14.9. The third-order valence-corrected chi connectivity index (χ3v) is 4.05. The van der Waals surface area contributed by atoms with E-state index in [0.717, 1.165) is 6.54 Å². The molecule has 0 radical (unpaired) electrons. The van der Waals surface area contributed by atoms with E-state index in [2.05, 4.69) is 49.9 Å². The smallest absolute Gasteiger partial charge is 0.0277 e. The van der Waals surface area contributed by atoms with Gasteiger partial charge in [0.15, 0.2) is 0 Å². The molecule has 1 heterocycles. The summed E-state index contributed by atoms with van der Waals surface area (Å²) in [7, 11) is 2.24. The van der Waals surface area contributed by atoms with Gasteiger partial charge in [-0.25, -0.2) is 0 Å². The lowest BCUT2D eigenvalue weighted by molar-refractivity contribution is 0.0350. The highest BCUT2D eigenvalue weighted by atomic mass is 15.3. The van der Waals surface area contributed by atoms with Crippen molar-refractivity contribution in [1.82, 2.24) is 15.1 Å². The van der Waals surface area contributed by atoms with Gasteiger partial charge in [0.25, 0.3) is 0 Å². The minimum absolute atomic E-state index is 0.321. The van der Waals surface area contributed by atoms with Crippen LogP contribution >= 0.6 is 0 Å². The summed E-state index contributed by atoms with van der Waals surface area (Å²) < 4.78 is 0. The molecule has 0 spiro atoms. The zero-order valence-corrected chi connectivity index (χ0v) is 12.4. The van der Waals surface area contributed by atoms with Gasteiger partial charge in [-0.05, 0) is 40.3 Å². The van der Waals surface area contributed by atoms with Gasteiger partial charge in [-0.3, -0.25) is 9.80 Å². The zero-order chi connectivity index (χ0) is 12.9. The summed E-state index contributed by atoms with van der Waals surface area (Å²) in [5.41, 5.74) is 0.321. The summed E-state index contributed by atoms with van der Waals surface area (Å²) in [5.74, 6) is 0. The number of piperazine rings is 1. The van der Waals surface area contributed by atoms with Crippen molar-refractivity contribution in [3.8, 4) is 0 Å². The van der Waals surface area contributed by atoms with Gasteiger partial charge in [-0.1, -0.05) is 13.8 Å². The molecule has 1 saturated heterocycles. The van der Waals surface area contributed by atoms with Crippen LogP contribution in [0.2, 0.25) is 0 Å². The summed E-state index contributed by atoms with van der Waals surface area (Å²) in [6.45, 7) is 15.2. The molecule has 0 aliphatic carbocycles. The molecule has 3 heteroatoms. The van der Waals surface area contributed by atoms with E-state index < -0.39 is 0 Å². The van der Waals surface area contributed by atoms with Gasteiger partial charge in [0.2, 0.25) is 0 Å². The van der Waals surface area contributed by atoms with Crippen molar-refractivity contribution in [2.75, 3.05) is 39.8 Å². The molecular formula is C14H31N3. The summed E-state index contributed by atoms with van der Waals surface area (Å²) in [5, 5.41) is 3.65. The lowest BCUT2D eigenvalue weighted by Crippen LogP contribution is -2.59. The van der Waals surface area contributed by atoms with Crippen LogP contribution < -0.4 is 5.32 Å². The molecule has 1 aliphatic heterocycles. The number of likely N-dealkylation sites (N-methyl/N-ethyl adjacent to an activating group) is 1. The predicted molar refractivity (Wildman–Crippen MR) is 75.5 cm³/mol. The Morgan fingerprint density at radius 3 is 2.47 bits per heavy atom. The quantitative estimate of drug-likeness (QED) is 0.765. The molecule has 1 unspecified atom stereocenters. The van der Waals surface area contributed by atoms with E-state index in [9.17, 15) is 0 Å². The Kier molecular flexibility index (Phi) is 5.90. The SMILES string of the molecule is CCCNC(CC)CN1CCN(C)C(C)(C)C1. The predicted octanol–water partition coefficient (Wildman–Crippen LogP) is 1.79. The minimum atomic E-state index is 0.321. The lowest BCUT2D eigenvalue weighted by Gasteiger charge is -2.46. The van der Waals surface area contributed by atoms with Crippen molar-refractivity contribution in [3.63, 3.8) is 0 Å². The van der Waals surface area contributed by atoms with Gasteiger partial charge in [-0.15, -0.1) is 0 Å². The fourth-order valence-corrected chi connectivity index (χ4v) is 2.50. The topological polar surface area (TPSA) is 18.5 Å². The van der Waals surface area contributed by atoms with E-state index in [1.54, 1.807) is 0 Å². The Hall–Kier alpha value is -0.120. The molecule has 0 aromatic heterocycles. The van der Waals surface area contributed by atoms with Crippen LogP contribution in [0.5, 0.6) is 0 Å². The van der Waals surface area contributed by atoms with Crippen LogP contribution in [0.15, 0.2) is 0 Å². The molecule has 0 saturated carbocycles. The van der Waals surface area contributed by atoms with Crippen LogP contribution in [-0.2, 0) is 0 Å². The van der Waals surface area contributed by atoms with Crippen molar-refractivity contribution >= 4 is 0 Å². The molecule has 1 N–H and O–H groups in total. The van der Waals surface area contributed by atoms with Crippen LogP contribution in [0.25, 0.3) is 0 Å². The molecule has 0 amide bonds. The molecule has 3 nitrogen and oxygen atoms in total. The summed E-state index contributed by atoms with van der Waals surface area (Å²) in [4.78, 5) is 5.10. The summed E-state index contributed by atoms with van der Waals surface area (Å²) >= 11 is 0. The second-order valence-corrected chi connectivity index (χ2v) is 6.03. The second-order valence-electron chi connectivity index (χ2n) is 6.03. The molecule has 0 bridgehead atoms. The Labute approximate surface area is 108 Å². The van der Waals surface area contributed by atoms with Crippen molar-refractivity contribution in [2.45, 2.75) is 52.1 Å². The maximum absolute atomic E-state index is 3.65. The Morgan fingerprint density at radius 2 is 1.94 bits per heavy atom. The van der Waals surface area contributed by atoms with Crippen LogP contribution in [-0.4, -0.2) is 61.2 Å². The highest BCUT2D eigenvalue weighted by molar-refractivity contribution is 4.89. The Bertz CT molecular complexity index is 216. The number of hydrogen-bond acceptors (Lipinski definition) is 3. The number of nitrogens with zero attached hydrogens (tertiary/aromatic N) is 2. The van der Waals surface area contributed by atoms with Gasteiger partial charge in [0, 0.05) is 37.8 Å². The van der Waals surface area contributed by atoms with Gasteiger partial charge < -0.3 is 5.32 Å². The van der Waals surface area contributed by atoms with Crippen molar-refractivity contribution < 1.29 is 0 Å². The van der Waals surface area contributed by atoms with Crippen LogP contribution in [0.1, 0.15) is 40.5 Å². The molecule has 1 fully saturated rings. The maximum Gasteiger partial charge on any atom is 0.0277 e. The standard InChI is InChI=1S/C14H31N3/c1-6-8-15-13(7-2)11-17-10-9-16(5)14(3,4)12-17/h13,15H,6-12H2,1-5H3. The maximum atomic E-state index is 3.65. The molecular weight excluding hydrogens is 210 g/mol. The molecule has 1 aliphatic rings. The third kappa shape index (κ3) is 4.57. The normalized spacial score (nSPS) is 23.8. The fourth-order valence-electron chi connectivity index (χ4n) is 2.50. The van der Waals surface area contributed by atoms with E-state index >= 15 is 0 Å². The average molecular weight is 241 g/mol. The monoisotopic (exact) mass is 241 g/mol. The number of rotatable bonds is 6. The minimum Gasteiger partial charge on any atom is -0.313 e. The first-order valence-electron chi connectivity index (χ1n) is 7.16. The summed E-state index contributed by atoms with van der Waals surface area (Å²) in [6, 6.07) is 0.661. The van der Waals surface area contributed by atoms with Crippen LogP contribution in [0.4, 0.5) is 0 Å². The molecule has 1 atom stereocenters. The molecule has 0 aromatic rings. The Morgan fingerprint density at radius 1 is 1.24 bits per heavy atom. The van der Waals surface area contributed by atoms with Crippen molar-refractivity contribution in [3.05, 3.63) is 0 Å². The van der Waals surface area contributed by atoms with Gasteiger partial charge >= 0.3 is 0 Å². The zero-order valence-electron chi connectivity index (χ0n) is 12.4. The van der Waals surface area contributed by atoms with Gasteiger partial charge in [0.1, 0.15) is 0 Å². The number of hydrogen-bond donors (Lipinski definition) is 1. The molecule has 102 valence electrons. The first-order valence-corrected chi connectivity index (χ1v) is 7.16. The van der Waals surface area contributed by atoms with Gasteiger partial charge in [0.05, 0.1) is 0 Å². The third-order valence-electron chi connectivity index (χ3n) is 4.05. The van der Waals surface area contributed by atoms with E-state index in [1.165, 1.54) is 39.0 Å². The fraction of sp³-hybridized carbons (Fsp3) is 1.00. The highest BCUT2D eigenvalue weighted by Gasteiger charge is 2.31. The van der Waals surface area contributed by atoms with E-state index in [-0.39, 0.29) is 0 Å². The molecule has 17 heavy (non-hydrogen) atoms. The van der Waals surface area contributed by atoms with E-state index in [0.29, 0.717) is 11.6 Å². The lowest BCUT2D eigenvalue weighted by atomic mass is 9.99. The van der Waals surface area contributed by atoms with Gasteiger partial charge in [-0.2, -0.15) is 0 Å². The Balaban J connectivity index is 2.40.